The highest BCUT2D eigenvalue weighted by atomic mass is 32.2. The van der Waals surface area contributed by atoms with E-state index in [0.29, 0.717) is 12.2 Å². The highest BCUT2D eigenvalue weighted by Crippen LogP contribution is 2.09. The molecule has 3 heteroatoms. The molecule has 2 nitrogen and oxygen atoms in total. The molecule has 0 aliphatic heterocycles. The van der Waals surface area contributed by atoms with Crippen molar-refractivity contribution in [2.45, 2.75) is 31.3 Å². The van der Waals surface area contributed by atoms with Gasteiger partial charge in [0, 0.05) is 4.90 Å². The summed E-state index contributed by atoms with van der Waals surface area (Å²) in [5, 5.41) is 9.35. The number of aliphatic hydroxyl groups excluding tert-OH is 1. The van der Waals surface area contributed by atoms with E-state index in [1.165, 1.54) is 0 Å². The van der Waals surface area contributed by atoms with Crippen molar-refractivity contribution in [2.75, 3.05) is 5.75 Å². The maximum absolute atomic E-state index is 11.7. The Bertz CT molecular complexity index is 306. The fourth-order valence-electron chi connectivity index (χ4n) is 1.08. The Hall–Kier alpha value is -0.670. The van der Waals surface area contributed by atoms with E-state index in [1.807, 2.05) is 38.1 Å². The van der Waals surface area contributed by atoms with Crippen molar-refractivity contribution < 1.29 is 9.32 Å². The molecule has 0 spiro atoms. The topological polar surface area (TPSA) is 37.3 Å². The van der Waals surface area contributed by atoms with Gasteiger partial charge in [0.1, 0.15) is 0 Å². The van der Waals surface area contributed by atoms with Gasteiger partial charge in [-0.15, -0.1) is 0 Å². The van der Waals surface area contributed by atoms with Crippen molar-refractivity contribution >= 4 is 10.8 Å². The fraction of sp³-hybridized carbons (Fsp3) is 0.455. The fourth-order valence-corrected chi connectivity index (χ4v) is 2.30. The van der Waals surface area contributed by atoms with Crippen molar-refractivity contribution in [3.05, 3.63) is 29.8 Å². The van der Waals surface area contributed by atoms with Crippen LogP contribution in [0.5, 0.6) is 0 Å². The number of rotatable bonds is 4. The van der Waals surface area contributed by atoms with E-state index in [2.05, 4.69) is 0 Å². The second kappa shape index (κ2) is 5.27. The number of benzene rings is 1. The third kappa shape index (κ3) is 3.24. The van der Waals surface area contributed by atoms with Gasteiger partial charge in [0.25, 0.3) is 0 Å². The molecular weight excluding hydrogens is 196 g/mol. The van der Waals surface area contributed by atoms with E-state index in [0.717, 1.165) is 10.5 Å². The summed E-state index contributed by atoms with van der Waals surface area (Å²) in [4.78, 5) is 0.795. The molecule has 0 aromatic heterocycles. The van der Waals surface area contributed by atoms with E-state index in [-0.39, 0.29) is 0 Å². The van der Waals surface area contributed by atoms with Crippen LogP contribution in [0.2, 0.25) is 0 Å². The molecule has 78 valence electrons. The molecule has 0 saturated heterocycles. The lowest BCUT2D eigenvalue weighted by atomic mass is 10.2. The first-order valence-corrected chi connectivity index (χ1v) is 6.08. The monoisotopic (exact) mass is 212 g/mol. The summed E-state index contributed by atoms with van der Waals surface area (Å²) in [6.07, 6.45) is 0.189. The van der Waals surface area contributed by atoms with Crippen LogP contribution in [0.4, 0.5) is 0 Å². The summed E-state index contributed by atoms with van der Waals surface area (Å²) in [5.41, 5.74) is 1.15. The van der Waals surface area contributed by atoms with Crippen LogP contribution in [0.1, 0.15) is 18.9 Å². The number of hydrogen-bond acceptors (Lipinski definition) is 2. The molecule has 0 bridgehead atoms. The molecule has 2 atom stereocenters. The normalized spacial score (nSPS) is 15.1. The van der Waals surface area contributed by atoms with E-state index >= 15 is 0 Å². The van der Waals surface area contributed by atoms with Gasteiger partial charge in [0.05, 0.1) is 22.7 Å². The Labute approximate surface area is 87.4 Å². The van der Waals surface area contributed by atoms with Crippen LogP contribution < -0.4 is 0 Å². The summed E-state index contributed by atoms with van der Waals surface area (Å²) >= 11 is 0. The summed E-state index contributed by atoms with van der Waals surface area (Å²) in [6.45, 7) is 3.88. The van der Waals surface area contributed by atoms with Gasteiger partial charge in [-0.2, -0.15) is 0 Å². The molecule has 0 radical (unpaired) electrons. The second-order valence-corrected chi connectivity index (χ2v) is 4.88. The molecule has 1 N–H and O–H groups in total. The third-order valence-electron chi connectivity index (χ3n) is 2.10. The van der Waals surface area contributed by atoms with Crippen molar-refractivity contribution in [3.63, 3.8) is 0 Å². The first kappa shape index (κ1) is 11.4. The lowest BCUT2D eigenvalue weighted by Crippen LogP contribution is -2.15. The summed E-state index contributed by atoms with van der Waals surface area (Å²) in [5.74, 6) is 0.333. The van der Waals surface area contributed by atoms with Gasteiger partial charge in [-0.1, -0.05) is 24.6 Å². The molecular formula is C11H16O2S. The molecule has 0 amide bonds. The molecule has 1 rings (SSSR count). The van der Waals surface area contributed by atoms with Crippen molar-refractivity contribution in [2.24, 2.45) is 0 Å². The molecule has 0 heterocycles. The maximum atomic E-state index is 11.7. The molecule has 1 aromatic rings. The third-order valence-corrected chi connectivity index (χ3v) is 3.58. The first-order chi connectivity index (χ1) is 6.63. The molecule has 0 aliphatic carbocycles. The Morgan fingerprint density at radius 1 is 1.36 bits per heavy atom. The summed E-state index contributed by atoms with van der Waals surface area (Å²) < 4.78 is 11.7. The first-order valence-electron chi connectivity index (χ1n) is 4.76. The zero-order valence-electron chi connectivity index (χ0n) is 8.56. The van der Waals surface area contributed by atoms with Crippen LogP contribution in [0.15, 0.2) is 29.2 Å². The molecule has 14 heavy (non-hydrogen) atoms. The van der Waals surface area contributed by atoms with Crippen LogP contribution in [-0.4, -0.2) is 21.2 Å². The minimum atomic E-state index is -1.07. The van der Waals surface area contributed by atoms with E-state index < -0.39 is 16.9 Å². The lowest BCUT2D eigenvalue weighted by molar-refractivity contribution is 0.194. The Morgan fingerprint density at radius 3 is 2.43 bits per heavy atom. The SMILES string of the molecule is CC[C@@H](O)C[S@@](=O)c1ccc(C)cc1. The van der Waals surface area contributed by atoms with E-state index in [4.69, 9.17) is 0 Å². The van der Waals surface area contributed by atoms with Gasteiger partial charge in [-0.25, -0.2) is 0 Å². The van der Waals surface area contributed by atoms with Crippen LogP contribution >= 0.6 is 0 Å². The molecule has 1 aromatic carbocycles. The second-order valence-electron chi connectivity index (χ2n) is 3.39. The summed E-state index contributed by atoms with van der Waals surface area (Å²) in [7, 11) is -1.07. The highest BCUT2D eigenvalue weighted by molar-refractivity contribution is 7.85. The Balaban J connectivity index is 2.65. The predicted molar refractivity (Wildman–Crippen MR) is 58.8 cm³/mol. The van der Waals surface area contributed by atoms with E-state index in [9.17, 15) is 9.32 Å². The minimum Gasteiger partial charge on any atom is -0.392 e. The lowest BCUT2D eigenvalue weighted by Gasteiger charge is -2.07. The standard InChI is InChI=1S/C11H16O2S/c1-3-10(12)8-14(13)11-6-4-9(2)5-7-11/h4-7,10,12H,3,8H2,1-2H3/t10-,14-/m1/s1. The van der Waals surface area contributed by atoms with Crippen molar-refractivity contribution in [1.29, 1.82) is 0 Å². The zero-order valence-corrected chi connectivity index (χ0v) is 9.38. The van der Waals surface area contributed by atoms with Gasteiger partial charge in [-0.3, -0.25) is 4.21 Å². The van der Waals surface area contributed by atoms with Crippen molar-refractivity contribution in [3.8, 4) is 0 Å². The molecule has 0 aliphatic rings. The largest absolute Gasteiger partial charge is 0.392 e. The molecule has 0 fully saturated rings. The van der Waals surface area contributed by atoms with Gasteiger partial charge < -0.3 is 5.11 Å². The number of hydrogen-bond donors (Lipinski definition) is 1. The average molecular weight is 212 g/mol. The van der Waals surface area contributed by atoms with Crippen LogP contribution in [0.3, 0.4) is 0 Å². The van der Waals surface area contributed by atoms with Gasteiger partial charge in [0.2, 0.25) is 0 Å². The smallest absolute Gasteiger partial charge is 0.0656 e. The van der Waals surface area contributed by atoms with Gasteiger partial charge in [-0.05, 0) is 25.5 Å². The van der Waals surface area contributed by atoms with Gasteiger partial charge in [0.15, 0.2) is 0 Å². The number of aliphatic hydroxyl groups is 1. The van der Waals surface area contributed by atoms with Crippen LogP contribution in [0.25, 0.3) is 0 Å². The quantitative estimate of drug-likeness (QED) is 0.827. The number of aryl methyl sites for hydroxylation is 1. The maximum Gasteiger partial charge on any atom is 0.0656 e. The summed E-state index contributed by atoms with van der Waals surface area (Å²) in [6, 6.07) is 7.58. The van der Waals surface area contributed by atoms with Crippen LogP contribution in [-0.2, 0) is 10.8 Å². The van der Waals surface area contributed by atoms with E-state index in [1.54, 1.807) is 0 Å². The minimum absolute atomic E-state index is 0.333. The predicted octanol–water partition coefficient (Wildman–Crippen LogP) is 1.87. The molecule has 0 unspecified atom stereocenters. The van der Waals surface area contributed by atoms with Crippen molar-refractivity contribution in [1.82, 2.24) is 0 Å². The van der Waals surface area contributed by atoms with Crippen LogP contribution in [0, 0.1) is 6.92 Å². The highest BCUT2D eigenvalue weighted by Gasteiger charge is 2.08. The Kier molecular flexibility index (Phi) is 4.29. The Morgan fingerprint density at radius 2 is 1.93 bits per heavy atom. The van der Waals surface area contributed by atoms with Gasteiger partial charge >= 0.3 is 0 Å². The zero-order chi connectivity index (χ0) is 10.6. The average Bonchev–Trinajstić information content (AvgIpc) is 2.18. The molecule has 0 saturated carbocycles.